The second-order valence-electron chi connectivity index (χ2n) is 10.4. The molecule has 0 saturated carbocycles. The number of hydrogen-bond donors (Lipinski definition) is 1. The topological polar surface area (TPSA) is 85.7 Å². The summed E-state index contributed by atoms with van der Waals surface area (Å²) in [6.07, 6.45) is 6.43. The number of amidine groups is 1. The summed E-state index contributed by atoms with van der Waals surface area (Å²) in [5.74, 6) is 0.213. The molecule has 1 aliphatic heterocycles. The average molecular weight is 519 g/mol. The summed E-state index contributed by atoms with van der Waals surface area (Å²) in [4.78, 5) is 26.5. The zero-order chi connectivity index (χ0) is 27.0. The number of aliphatic imine (C=N–C) groups is 1. The second kappa shape index (κ2) is 12.6. The first-order chi connectivity index (χ1) is 18.2. The maximum Gasteiger partial charge on any atom is 0.322 e. The molecule has 2 aromatic carbocycles. The van der Waals surface area contributed by atoms with Crippen molar-refractivity contribution >= 4 is 11.8 Å². The number of esters is 1. The van der Waals surface area contributed by atoms with E-state index >= 15 is 0 Å². The van der Waals surface area contributed by atoms with E-state index in [0.717, 1.165) is 36.3 Å². The number of nitrogens with one attached hydrogen (secondary N) is 1. The van der Waals surface area contributed by atoms with Crippen LogP contribution in [0.4, 0.5) is 4.39 Å². The van der Waals surface area contributed by atoms with Gasteiger partial charge in [-0.1, -0.05) is 30.7 Å². The molecule has 0 amide bonds. The highest BCUT2D eigenvalue weighted by Crippen LogP contribution is 2.26. The monoisotopic (exact) mass is 518 g/mol. The minimum Gasteiger partial charge on any atom is -0.459 e. The minimum atomic E-state index is -0.703. The van der Waals surface area contributed by atoms with E-state index in [1.165, 1.54) is 25.0 Å². The Kier molecular flexibility index (Phi) is 9.05. The summed E-state index contributed by atoms with van der Waals surface area (Å²) in [7, 11) is 0. The number of hydrogen-bond acceptors (Lipinski definition) is 7. The van der Waals surface area contributed by atoms with Crippen molar-refractivity contribution in [3.63, 3.8) is 0 Å². The fraction of sp³-hybridized carbons (Fsp3) is 0.400. The lowest BCUT2D eigenvalue weighted by Crippen LogP contribution is -2.29. The zero-order valence-electron chi connectivity index (χ0n) is 22.2. The van der Waals surface area contributed by atoms with E-state index < -0.39 is 17.5 Å². The van der Waals surface area contributed by atoms with Gasteiger partial charge in [-0.2, -0.15) is 4.98 Å². The Hall–Kier alpha value is -3.81. The molecule has 0 radical (unpaired) electrons. The summed E-state index contributed by atoms with van der Waals surface area (Å²) < 4.78 is 25.0. The van der Waals surface area contributed by atoms with E-state index in [1.807, 2.05) is 45.0 Å². The molecule has 0 bridgehead atoms. The molecule has 0 fully saturated rings. The van der Waals surface area contributed by atoms with Crippen LogP contribution in [0.1, 0.15) is 69.2 Å². The molecule has 1 unspecified atom stereocenters. The van der Waals surface area contributed by atoms with Gasteiger partial charge in [-0.25, -0.2) is 9.37 Å². The summed E-state index contributed by atoms with van der Waals surface area (Å²) >= 11 is 0. The first kappa shape index (κ1) is 27.2. The van der Waals surface area contributed by atoms with Gasteiger partial charge in [-0.3, -0.25) is 9.79 Å². The Labute approximate surface area is 223 Å². The van der Waals surface area contributed by atoms with Crippen LogP contribution in [0, 0.1) is 5.82 Å². The highest BCUT2D eigenvalue weighted by molar-refractivity contribution is 5.82. The molecule has 1 aromatic heterocycles. The van der Waals surface area contributed by atoms with Crippen molar-refractivity contribution in [2.24, 2.45) is 4.99 Å². The number of carbonyl (C=O) groups excluding carboxylic acids is 1. The molecule has 1 aliphatic rings. The molecule has 4 rings (SSSR count). The van der Waals surface area contributed by atoms with Crippen LogP contribution < -0.4 is 10.1 Å². The van der Waals surface area contributed by atoms with Crippen molar-refractivity contribution in [2.45, 2.75) is 70.9 Å². The molecule has 1 N–H and O–H groups in total. The van der Waals surface area contributed by atoms with Gasteiger partial charge >= 0.3 is 12.0 Å². The predicted molar refractivity (Wildman–Crippen MR) is 145 cm³/mol. The number of halogens is 1. The first-order valence-corrected chi connectivity index (χ1v) is 13.1. The SMILES string of the molecule is CC(C)(C)OC(=O)C(Cc1ccc(F)cc1)c1ccnc(Oc2ccc(CNC3=NCCCCC3)cc2)n1. The standard InChI is InChI=1S/C30H35FN4O3/c1-30(2,3)38-28(36)25(19-21-8-12-23(31)13-9-21)26-16-18-33-29(35-26)37-24-14-10-22(11-15-24)20-34-27-7-5-4-6-17-32-27/h8-16,18,25H,4-7,17,19-20H2,1-3H3,(H,32,34). The molecule has 3 aromatic rings. The van der Waals surface area contributed by atoms with Gasteiger partial charge in [0.25, 0.3) is 0 Å². The van der Waals surface area contributed by atoms with E-state index in [2.05, 4.69) is 20.3 Å². The molecule has 7 nitrogen and oxygen atoms in total. The first-order valence-electron chi connectivity index (χ1n) is 13.1. The van der Waals surface area contributed by atoms with Gasteiger partial charge in [-0.15, -0.1) is 0 Å². The number of aromatic nitrogens is 2. The Morgan fingerprint density at radius 1 is 1.00 bits per heavy atom. The Morgan fingerprint density at radius 2 is 1.74 bits per heavy atom. The van der Waals surface area contributed by atoms with E-state index in [-0.39, 0.29) is 11.8 Å². The molecule has 8 heteroatoms. The van der Waals surface area contributed by atoms with Gasteiger partial charge in [0.15, 0.2) is 0 Å². The fourth-order valence-electron chi connectivity index (χ4n) is 4.14. The fourth-order valence-corrected chi connectivity index (χ4v) is 4.14. The van der Waals surface area contributed by atoms with Crippen LogP contribution in [-0.2, 0) is 22.5 Å². The lowest BCUT2D eigenvalue weighted by molar-refractivity contribution is -0.156. The number of nitrogens with zero attached hydrogens (tertiary/aromatic N) is 3. The smallest absolute Gasteiger partial charge is 0.322 e. The third-order valence-electron chi connectivity index (χ3n) is 6.06. The third-order valence-corrected chi connectivity index (χ3v) is 6.06. The molecule has 38 heavy (non-hydrogen) atoms. The van der Waals surface area contributed by atoms with Crippen LogP contribution in [0.3, 0.4) is 0 Å². The summed E-state index contributed by atoms with van der Waals surface area (Å²) in [5.41, 5.74) is 1.72. The number of rotatable bonds is 8. The number of benzene rings is 2. The van der Waals surface area contributed by atoms with Crippen LogP contribution in [0.25, 0.3) is 0 Å². The van der Waals surface area contributed by atoms with Gasteiger partial charge in [0.05, 0.1) is 11.5 Å². The average Bonchev–Trinajstić information content (AvgIpc) is 3.16. The van der Waals surface area contributed by atoms with Crippen LogP contribution >= 0.6 is 0 Å². The largest absolute Gasteiger partial charge is 0.459 e. The third kappa shape index (κ3) is 8.36. The van der Waals surface area contributed by atoms with E-state index in [1.54, 1.807) is 24.4 Å². The summed E-state index contributed by atoms with van der Waals surface area (Å²) in [5, 5.41) is 3.44. The zero-order valence-corrected chi connectivity index (χ0v) is 22.2. The van der Waals surface area contributed by atoms with Crippen LogP contribution in [0.15, 0.2) is 65.8 Å². The lowest BCUT2D eigenvalue weighted by atomic mass is 9.95. The molecule has 0 saturated heterocycles. The van der Waals surface area contributed by atoms with Crippen LogP contribution in [-0.4, -0.2) is 33.9 Å². The lowest BCUT2D eigenvalue weighted by Gasteiger charge is -2.24. The van der Waals surface area contributed by atoms with Gasteiger partial charge in [-0.05, 0) is 81.5 Å². The normalized spacial score (nSPS) is 14.7. The van der Waals surface area contributed by atoms with Gasteiger partial charge in [0, 0.05) is 25.7 Å². The van der Waals surface area contributed by atoms with Crippen molar-refractivity contribution < 1.29 is 18.7 Å². The van der Waals surface area contributed by atoms with Crippen LogP contribution in [0.5, 0.6) is 11.8 Å². The number of ether oxygens (including phenoxy) is 2. The van der Waals surface area contributed by atoms with E-state index in [9.17, 15) is 9.18 Å². The summed E-state index contributed by atoms with van der Waals surface area (Å²) in [6, 6.07) is 15.6. The predicted octanol–water partition coefficient (Wildman–Crippen LogP) is 6.14. The van der Waals surface area contributed by atoms with Crippen molar-refractivity contribution in [1.29, 1.82) is 0 Å². The number of carbonyl (C=O) groups is 1. The molecular formula is C30H35FN4O3. The molecule has 200 valence electrons. The molecule has 2 heterocycles. The Balaban J connectivity index is 1.45. The minimum absolute atomic E-state index is 0.133. The van der Waals surface area contributed by atoms with E-state index in [0.29, 0.717) is 24.4 Å². The van der Waals surface area contributed by atoms with Crippen molar-refractivity contribution in [3.05, 3.63) is 83.4 Å². The van der Waals surface area contributed by atoms with Gasteiger partial charge < -0.3 is 14.8 Å². The summed E-state index contributed by atoms with van der Waals surface area (Å²) in [6.45, 7) is 7.05. The van der Waals surface area contributed by atoms with E-state index in [4.69, 9.17) is 9.47 Å². The highest BCUT2D eigenvalue weighted by Gasteiger charge is 2.28. The Morgan fingerprint density at radius 3 is 2.47 bits per heavy atom. The van der Waals surface area contributed by atoms with Crippen molar-refractivity contribution in [3.8, 4) is 11.8 Å². The highest BCUT2D eigenvalue weighted by atomic mass is 19.1. The quantitative estimate of drug-likeness (QED) is 0.361. The second-order valence-corrected chi connectivity index (χ2v) is 10.4. The van der Waals surface area contributed by atoms with Crippen molar-refractivity contribution in [1.82, 2.24) is 15.3 Å². The van der Waals surface area contributed by atoms with Gasteiger partial charge in [0.2, 0.25) is 0 Å². The molecular weight excluding hydrogens is 483 g/mol. The molecule has 0 aliphatic carbocycles. The van der Waals surface area contributed by atoms with Crippen LogP contribution in [0.2, 0.25) is 0 Å². The molecule has 0 spiro atoms. The Bertz CT molecular complexity index is 1240. The maximum absolute atomic E-state index is 13.4. The van der Waals surface area contributed by atoms with Crippen molar-refractivity contribution in [2.75, 3.05) is 6.54 Å². The maximum atomic E-state index is 13.4. The van der Waals surface area contributed by atoms with Gasteiger partial charge in [0.1, 0.15) is 23.1 Å². The molecule has 1 atom stereocenters.